The summed E-state index contributed by atoms with van der Waals surface area (Å²) >= 11 is 0. The number of carbonyl (C=O) groups is 1. The highest BCUT2D eigenvalue weighted by atomic mass is 16.5. The maximum absolute atomic E-state index is 11.6. The highest BCUT2D eigenvalue weighted by Crippen LogP contribution is 2.16. The maximum Gasteiger partial charge on any atom is 0.309 e. The molecular weight excluding hydrogens is 188 g/mol. The van der Waals surface area contributed by atoms with Crippen molar-refractivity contribution in [2.24, 2.45) is 5.92 Å². The van der Waals surface area contributed by atoms with Gasteiger partial charge in [-0.15, -0.1) is 0 Å². The van der Waals surface area contributed by atoms with Gasteiger partial charge in [0.2, 0.25) is 0 Å². The summed E-state index contributed by atoms with van der Waals surface area (Å²) in [6.45, 7) is 8.60. The third-order valence-electron chi connectivity index (χ3n) is 2.34. The molecule has 0 aromatic rings. The van der Waals surface area contributed by atoms with Crippen molar-refractivity contribution in [1.29, 1.82) is 0 Å². The molecule has 0 fully saturated rings. The topological polar surface area (TPSA) is 26.3 Å². The van der Waals surface area contributed by atoms with E-state index in [1.165, 1.54) is 5.57 Å². The van der Waals surface area contributed by atoms with Crippen LogP contribution in [0, 0.1) is 5.92 Å². The SMILES string of the molecule is CCCCC(CC=C(C)C)C(=O)OCC. The van der Waals surface area contributed by atoms with E-state index in [1.807, 2.05) is 6.92 Å². The quantitative estimate of drug-likeness (QED) is 0.475. The molecule has 0 N–H and O–H groups in total. The van der Waals surface area contributed by atoms with Crippen molar-refractivity contribution >= 4 is 5.97 Å². The van der Waals surface area contributed by atoms with Crippen LogP contribution in [0.3, 0.4) is 0 Å². The van der Waals surface area contributed by atoms with Crippen LogP contribution < -0.4 is 0 Å². The largest absolute Gasteiger partial charge is 0.466 e. The van der Waals surface area contributed by atoms with E-state index in [1.54, 1.807) is 0 Å². The van der Waals surface area contributed by atoms with Gasteiger partial charge in [-0.25, -0.2) is 0 Å². The number of unbranched alkanes of at least 4 members (excludes halogenated alkanes) is 1. The first-order valence-corrected chi connectivity index (χ1v) is 5.91. The van der Waals surface area contributed by atoms with E-state index in [0.717, 1.165) is 25.7 Å². The molecule has 0 saturated carbocycles. The van der Waals surface area contributed by atoms with Crippen LogP contribution in [-0.2, 0) is 9.53 Å². The van der Waals surface area contributed by atoms with Crippen LogP contribution in [0.5, 0.6) is 0 Å². The lowest BCUT2D eigenvalue weighted by Gasteiger charge is -2.13. The van der Waals surface area contributed by atoms with Crippen LogP contribution in [0.2, 0.25) is 0 Å². The summed E-state index contributed by atoms with van der Waals surface area (Å²) in [6.07, 6.45) is 6.11. The Labute approximate surface area is 93.7 Å². The zero-order chi connectivity index (χ0) is 11.7. The second kappa shape index (κ2) is 8.51. The molecule has 0 aliphatic rings. The predicted octanol–water partition coefficient (Wildman–Crippen LogP) is 3.71. The normalized spacial score (nSPS) is 12.0. The zero-order valence-corrected chi connectivity index (χ0v) is 10.5. The molecule has 0 aliphatic carbocycles. The molecule has 1 unspecified atom stereocenters. The average molecular weight is 212 g/mol. The maximum atomic E-state index is 11.6. The third kappa shape index (κ3) is 7.18. The summed E-state index contributed by atoms with van der Waals surface area (Å²) in [6, 6.07) is 0. The van der Waals surface area contributed by atoms with Crippen LogP contribution in [-0.4, -0.2) is 12.6 Å². The minimum Gasteiger partial charge on any atom is -0.466 e. The first-order valence-electron chi connectivity index (χ1n) is 5.91. The molecule has 0 heterocycles. The first-order chi connectivity index (χ1) is 7.11. The molecule has 0 amide bonds. The van der Waals surface area contributed by atoms with Gasteiger partial charge in [0.15, 0.2) is 0 Å². The fraction of sp³-hybridized carbons (Fsp3) is 0.769. The van der Waals surface area contributed by atoms with E-state index in [9.17, 15) is 4.79 Å². The van der Waals surface area contributed by atoms with Gasteiger partial charge in [-0.3, -0.25) is 4.79 Å². The first kappa shape index (κ1) is 14.2. The minimum atomic E-state index is -0.0385. The Morgan fingerprint density at radius 1 is 1.33 bits per heavy atom. The fourth-order valence-electron chi connectivity index (χ4n) is 1.42. The predicted molar refractivity (Wildman–Crippen MR) is 63.7 cm³/mol. The van der Waals surface area contributed by atoms with Crippen molar-refractivity contribution in [3.63, 3.8) is 0 Å². The lowest BCUT2D eigenvalue weighted by Crippen LogP contribution is -2.17. The Balaban J connectivity index is 4.16. The monoisotopic (exact) mass is 212 g/mol. The molecule has 0 aromatic heterocycles. The molecule has 2 heteroatoms. The molecule has 0 aliphatic heterocycles. The van der Waals surface area contributed by atoms with Crippen LogP contribution >= 0.6 is 0 Å². The molecule has 0 saturated heterocycles. The van der Waals surface area contributed by atoms with Gasteiger partial charge in [0.25, 0.3) is 0 Å². The molecule has 88 valence electrons. The van der Waals surface area contributed by atoms with Crippen molar-refractivity contribution in [2.45, 2.75) is 53.4 Å². The van der Waals surface area contributed by atoms with Gasteiger partial charge in [0, 0.05) is 0 Å². The van der Waals surface area contributed by atoms with E-state index in [-0.39, 0.29) is 11.9 Å². The number of hydrogen-bond donors (Lipinski definition) is 0. The number of rotatable bonds is 7. The van der Waals surface area contributed by atoms with Crippen LogP contribution in [0.1, 0.15) is 53.4 Å². The van der Waals surface area contributed by atoms with Gasteiger partial charge < -0.3 is 4.74 Å². The van der Waals surface area contributed by atoms with E-state index < -0.39 is 0 Å². The molecular formula is C13H24O2. The molecule has 0 aromatic carbocycles. The van der Waals surface area contributed by atoms with Crippen molar-refractivity contribution in [1.82, 2.24) is 0 Å². The summed E-state index contributed by atoms with van der Waals surface area (Å²) in [4.78, 5) is 11.6. The van der Waals surface area contributed by atoms with Gasteiger partial charge >= 0.3 is 5.97 Å². The van der Waals surface area contributed by atoms with Crippen molar-refractivity contribution in [3.8, 4) is 0 Å². The van der Waals surface area contributed by atoms with Crippen molar-refractivity contribution < 1.29 is 9.53 Å². The number of carbonyl (C=O) groups excluding carboxylic acids is 1. The summed E-state index contributed by atoms with van der Waals surface area (Å²) in [5, 5.41) is 0. The van der Waals surface area contributed by atoms with E-state index >= 15 is 0 Å². The summed E-state index contributed by atoms with van der Waals surface area (Å²) in [5.74, 6) is 0.0169. The second-order valence-electron chi connectivity index (χ2n) is 4.11. The van der Waals surface area contributed by atoms with Gasteiger partial charge in [-0.05, 0) is 33.6 Å². The molecule has 0 rings (SSSR count). The number of esters is 1. The molecule has 0 radical (unpaired) electrons. The molecule has 0 bridgehead atoms. The summed E-state index contributed by atoms with van der Waals surface area (Å²) in [5.41, 5.74) is 1.26. The highest BCUT2D eigenvalue weighted by molar-refractivity contribution is 5.72. The summed E-state index contributed by atoms with van der Waals surface area (Å²) < 4.78 is 5.07. The van der Waals surface area contributed by atoms with Crippen LogP contribution in [0.15, 0.2) is 11.6 Å². The van der Waals surface area contributed by atoms with E-state index in [2.05, 4.69) is 26.8 Å². The van der Waals surface area contributed by atoms with Gasteiger partial charge in [0.05, 0.1) is 12.5 Å². The lowest BCUT2D eigenvalue weighted by molar-refractivity contribution is -0.148. The highest BCUT2D eigenvalue weighted by Gasteiger charge is 2.17. The van der Waals surface area contributed by atoms with E-state index in [0.29, 0.717) is 6.61 Å². The van der Waals surface area contributed by atoms with Gasteiger partial charge in [-0.1, -0.05) is 31.4 Å². The minimum absolute atomic E-state index is 0.0385. The standard InChI is InChI=1S/C13H24O2/c1-5-7-8-12(10-9-11(3)4)13(14)15-6-2/h9,12H,5-8,10H2,1-4H3. The van der Waals surface area contributed by atoms with Crippen molar-refractivity contribution in [2.75, 3.05) is 6.61 Å². The number of allylic oxidation sites excluding steroid dienone is 2. The van der Waals surface area contributed by atoms with Crippen LogP contribution in [0.25, 0.3) is 0 Å². The molecule has 15 heavy (non-hydrogen) atoms. The van der Waals surface area contributed by atoms with Crippen LogP contribution in [0.4, 0.5) is 0 Å². The average Bonchev–Trinajstić information content (AvgIpc) is 2.17. The smallest absolute Gasteiger partial charge is 0.309 e. The Morgan fingerprint density at radius 2 is 2.00 bits per heavy atom. The number of hydrogen-bond acceptors (Lipinski definition) is 2. The Kier molecular flexibility index (Phi) is 8.06. The van der Waals surface area contributed by atoms with Gasteiger partial charge in [0.1, 0.15) is 0 Å². The Morgan fingerprint density at radius 3 is 2.47 bits per heavy atom. The number of ether oxygens (including phenoxy) is 1. The van der Waals surface area contributed by atoms with E-state index in [4.69, 9.17) is 4.74 Å². The summed E-state index contributed by atoms with van der Waals surface area (Å²) in [7, 11) is 0. The molecule has 0 spiro atoms. The second-order valence-corrected chi connectivity index (χ2v) is 4.11. The third-order valence-corrected chi connectivity index (χ3v) is 2.34. The fourth-order valence-corrected chi connectivity index (χ4v) is 1.42. The zero-order valence-electron chi connectivity index (χ0n) is 10.5. The molecule has 2 nitrogen and oxygen atoms in total. The molecule has 1 atom stereocenters. The van der Waals surface area contributed by atoms with Crippen molar-refractivity contribution in [3.05, 3.63) is 11.6 Å². The Bertz CT molecular complexity index is 203. The lowest BCUT2D eigenvalue weighted by atomic mass is 9.97. The van der Waals surface area contributed by atoms with Gasteiger partial charge in [-0.2, -0.15) is 0 Å². The Hall–Kier alpha value is -0.790.